The van der Waals surface area contributed by atoms with E-state index in [4.69, 9.17) is 0 Å². The molecule has 0 aromatic heterocycles. The first-order valence-corrected chi connectivity index (χ1v) is 4.53. The summed E-state index contributed by atoms with van der Waals surface area (Å²) in [4.78, 5) is 20.9. The molecule has 0 aliphatic rings. The summed E-state index contributed by atoms with van der Waals surface area (Å²) in [7, 11) is 1.29. The zero-order valence-electron chi connectivity index (χ0n) is 8.80. The lowest BCUT2D eigenvalue weighted by Crippen LogP contribution is -2.04. The Bertz CT molecular complexity index is 422. The Kier molecular flexibility index (Phi) is 3.77. The van der Waals surface area contributed by atoms with Crippen LogP contribution in [0.2, 0.25) is 0 Å². The van der Waals surface area contributed by atoms with Crippen LogP contribution in [0.15, 0.2) is 30.8 Å². The first kappa shape index (κ1) is 11.9. The number of ether oxygens (including phenoxy) is 1. The van der Waals surface area contributed by atoms with Gasteiger partial charge in [-0.05, 0) is 17.7 Å². The number of nitro groups is 1. The Labute approximate surface area is 92.5 Å². The van der Waals surface area contributed by atoms with Crippen molar-refractivity contribution in [2.75, 3.05) is 13.7 Å². The number of carbonyl (C=O) groups excluding carboxylic acids is 1. The molecule has 0 radical (unpaired) electrons. The van der Waals surface area contributed by atoms with E-state index in [-0.39, 0.29) is 6.54 Å². The van der Waals surface area contributed by atoms with Gasteiger partial charge in [-0.2, -0.15) is 0 Å². The van der Waals surface area contributed by atoms with Gasteiger partial charge in [-0.1, -0.05) is 18.7 Å². The van der Waals surface area contributed by atoms with Crippen molar-refractivity contribution in [1.29, 1.82) is 0 Å². The van der Waals surface area contributed by atoms with Crippen LogP contribution in [0.3, 0.4) is 0 Å². The van der Waals surface area contributed by atoms with E-state index in [0.29, 0.717) is 16.7 Å². The van der Waals surface area contributed by atoms with Crippen LogP contribution in [0.1, 0.15) is 15.9 Å². The molecular formula is C11H11NO4. The van der Waals surface area contributed by atoms with Crippen LogP contribution in [0, 0.1) is 10.1 Å². The van der Waals surface area contributed by atoms with Crippen LogP contribution < -0.4 is 0 Å². The maximum atomic E-state index is 11.1. The van der Waals surface area contributed by atoms with Crippen molar-refractivity contribution < 1.29 is 14.5 Å². The molecule has 0 aliphatic heterocycles. The zero-order chi connectivity index (χ0) is 12.1. The Morgan fingerprint density at radius 1 is 1.38 bits per heavy atom. The van der Waals surface area contributed by atoms with Gasteiger partial charge in [0.15, 0.2) is 0 Å². The minimum absolute atomic E-state index is 0.308. The zero-order valence-corrected chi connectivity index (χ0v) is 8.80. The molecule has 1 aromatic rings. The van der Waals surface area contributed by atoms with Gasteiger partial charge in [-0.15, -0.1) is 0 Å². The smallest absolute Gasteiger partial charge is 0.337 e. The summed E-state index contributed by atoms with van der Waals surface area (Å²) >= 11 is 0. The molecule has 0 fully saturated rings. The Morgan fingerprint density at radius 3 is 2.31 bits per heavy atom. The normalized spacial score (nSPS) is 9.56. The van der Waals surface area contributed by atoms with Gasteiger partial charge in [0.25, 0.3) is 0 Å². The molecule has 0 heterocycles. The highest BCUT2D eigenvalue weighted by Gasteiger charge is 2.08. The quantitative estimate of drug-likeness (QED) is 0.441. The lowest BCUT2D eigenvalue weighted by Gasteiger charge is -2.02. The van der Waals surface area contributed by atoms with Gasteiger partial charge >= 0.3 is 5.97 Å². The first-order valence-electron chi connectivity index (χ1n) is 4.53. The molecule has 0 aliphatic carbocycles. The van der Waals surface area contributed by atoms with Crippen molar-refractivity contribution in [3.63, 3.8) is 0 Å². The number of nitrogens with zero attached hydrogens (tertiary/aromatic N) is 1. The monoisotopic (exact) mass is 221 g/mol. The van der Waals surface area contributed by atoms with E-state index < -0.39 is 10.9 Å². The van der Waals surface area contributed by atoms with Crippen LogP contribution in [0.5, 0.6) is 0 Å². The highest BCUT2D eigenvalue weighted by Crippen LogP contribution is 2.14. The lowest BCUT2D eigenvalue weighted by molar-refractivity contribution is -0.465. The molecule has 0 saturated heterocycles. The molecule has 5 heteroatoms. The average Bonchev–Trinajstić information content (AvgIpc) is 2.27. The molecule has 0 saturated carbocycles. The summed E-state index contributed by atoms with van der Waals surface area (Å²) in [6.45, 7) is 3.29. The van der Waals surface area contributed by atoms with Crippen molar-refractivity contribution >= 4 is 11.5 Å². The summed E-state index contributed by atoms with van der Waals surface area (Å²) in [5.74, 6) is -0.438. The molecule has 16 heavy (non-hydrogen) atoms. The summed E-state index contributed by atoms with van der Waals surface area (Å²) in [6.07, 6.45) is 0. The minimum atomic E-state index is -0.448. The standard InChI is InChI=1S/C11H11NO4/c1-8(7-12(14)15)9-3-5-10(6-4-9)11(13)16-2/h3-6H,1,7H2,2H3. The number of methoxy groups -OCH3 is 1. The van der Waals surface area contributed by atoms with E-state index in [9.17, 15) is 14.9 Å². The maximum Gasteiger partial charge on any atom is 0.337 e. The van der Waals surface area contributed by atoms with E-state index in [2.05, 4.69) is 11.3 Å². The van der Waals surface area contributed by atoms with Crippen LogP contribution >= 0.6 is 0 Å². The van der Waals surface area contributed by atoms with Crippen molar-refractivity contribution in [2.45, 2.75) is 0 Å². The van der Waals surface area contributed by atoms with Crippen molar-refractivity contribution in [3.8, 4) is 0 Å². The summed E-state index contributed by atoms with van der Waals surface area (Å²) in [5.41, 5.74) is 1.45. The molecule has 0 amide bonds. The Morgan fingerprint density at radius 2 is 1.88 bits per heavy atom. The number of hydrogen-bond acceptors (Lipinski definition) is 4. The number of esters is 1. The third-order valence-electron chi connectivity index (χ3n) is 2.03. The summed E-state index contributed by atoms with van der Waals surface area (Å²) in [6, 6.07) is 6.31. The fourth-order valence-corrected chi connectivity index (χ4v) is 1.21. The predicted molar refractivity (Wildman–Crippen MR) is 58.7 cm³/mol. The SMILES string of the molecule is C=C(C[N+](=O)[O-])c1ccc(C(=O)OC)cc1. The number of carbonyl (C=O) groups is 1. The second kappa shape index (κ2) is 5.06. The Balaban J connectivity index is 2.82. The molecule has 1 aromatic carbocycles. The van der Waals surface area contributed by atoms with Gasteiger partial charge in [-0.25, -0.2) is 4.79 Å². The predicted octanol–water partition coefficient (Wildman–Crippen LogP) is 1.76. The van der Waals surface area contributed by atoms with E-state index in [1.807, 2.05) is 0 Å². The summed E-state index contributed by atoms with van der Waals surface area (Å²) < 4.78 is 4.53. The highest BCUT2D eigenvalue weighted by molar-refractivity contribution is 5.89. The van der Waals surface area contributed by atoms with Gasteiger partial charge in [0, 0.05) is 10.5 Å². The fourth-order valence-electron chi connectivity index (χ4n) is 1.21. The molecule has 0 unspecified atom stereocenters. The van der Waals surface area contributed by atoms with Crippen molar-refractivity contribution in [3.05, 3.63) is 52.1 Å². The van der Waals surface area contributed by atoms with Crippen LogP contribution in [0.25, 0.3) is 5.57 Å². The molecule has 84 valence electrons. The molecular weight excluding hydrogens is 210 g/mol. The van der Waals surface area contributed by atoms with E-state index in [0.717, 1.165) is 0 Å². The fraction of sp³-hybridized carbons (Fsp3) is 0.182. The summed E-state index contributed by atoms with van der Waals surface area (Å²) in [5, 5.41) is 10.3. The molecule has 1 rings (SSSR count). The van der Waals surface area contributed by atoms with Gasteiger partial charge in [-0.3, -0.25) is 10.1 Å². The van der Waals surface area contributed by atoms with Crippen molar-refractivity contribution in [2.24, 2.45) is 0 Å². The van der Waals surface area contributed by atoms with E-state index in [1.54, 1.807) is 24.3 Å². The minimum Gasteiger partial charge on any atom is -0.465 e. The van der Waals surface area contributed by atoms with Crippen molar-refractivity contribution in [1.82, 2.24) is 0 Å². The van der Waals surface area contributed by atoms with E-state index >= 15 is 0 Å². The van der Waals surface area contributed by atoms with Gasteiger partial charge in [0.05, 0.1) is 12.7 Å². The van der Waals surface area contributed by atoms with E-state index in [1.165, 1.54) is 7.11 Å². The molecule has 0 bridgehead atoms. The molecule has 5 nitrogen and oxygen atoms in total. The third kappa shape index (κ3) is 2.91. The Hall–Kier alpha value is -2.17. The van der Waals surface area contributed by atoms with Gasteiger partial charge in [0.1, 0.15) is 0 Å². The topological polar surface area (TPSA) is 69.4 Å². The lowest BCUT2D eigenvalue weighted by atomic mass is 10.1. The number of rotatable bonds is 4. The highest BCUT2D eigenvalue weighted by atomic mass is 16.6. The number of hydrogen-bond donors (Lipinski definition) is 0. The van der Waals surface area contributed by atoms with Crippen LogP contribution in [-0.4, -0.2) is 24.5 Å². The second-order valence-electron chi connectivity index (χ2n) is 3.16. The average molecular weight is 221 g/mol. The third-order valence-corrected chi connectivity index (χ3v) is 2.03. The maximum absolute atomic E-state index is 11.1. The van der Waals surface area contributed by atoms with Crippen LogP contribution in [-0.2, 0) is 4.74 Å². The van der Waals surface area contributed by atoms with Crippen LogP contribution in [0.4, 0.5) is 0 Å². The van der Waals surface area contributed by atoms with Gasteiger partial charge in [0.2, 0.25) is 6.54 Å². The largest absolute Gasteiger partial charge is 0.465 e. The van der Waals surface area contributed by atoms with Gasteiger partial charge < -0.3 is 4.74 Å². The first-order chi connectivity index (χ1) is 7.54. The second-order valence-corrected chi connectivity index (χ2v) is 3.16. The molecule has 0 N–H and O–H groups in total. The molecule has 0 atom stereocenters. The number of benzene rings is 1. The molecule has 0 spiro atoms.